The maximum atomic E-state index is 4.38. The second-order valence-corrected chi connectivity index (χ2v) is 6.39. The second kappa shape index (κ2) is 6.37. The van der Waals surface area contributed by atoms with Crippen LogP contribution in [0, 0.1) is 0 Å². The average Bonchev–Trinajstić information content (AvgIpc) is 2.92. The van der Waals surface area contributed by atoms with E-state index in [2.05, 4.69) is 46.5 Å². The summed E-state index contributed by atoms with van der Waals surface area (Å²) in [6.45, 7) is 2.40. The molecule has 2 heterocycles. The van der Waals surface area contributed by atoms with E-state index in [-0.39, 0.29) is 0 Å². The predicted molar refractivity (Wildman–Crippen MR) is 86.3 cm³/mol. The van der Waals surface area contributed by atoms with Crippen molar-refractivity contribution in [3.8, 4) is 10.6 Å². The Morgan fingerprint density at radius 1 is 1.30 bits per heavy atom. The normalized spacial score (nSPS) is 20.6. The molecule has 0 bridgehead atoms. The van der Waals surface area contributed by atoms with Gasteiger partial charge in [0.2, 0.25) is 0 Å². The molecule has 1 saturated heterocycles. The number of benzene rings is 1. The quantitative estimate of drug-likeness (QED) is 0.933. The van der Waals surface area contributed by atoms with Gasteiger partial charge < -0.3 is 10.2 Å². The van der Waals surface area contributed by atoms with Crippen molar-refractivity contribution in [1.82, 2.24) is 9.88 Å². The Morgan fingerprint density at radius 2 is 2.25 bits per heavy atom. The number of hydrogen-bond donors (Lipinski definition) is 1. The molecule has 106 valence electrons. The highest BCUT2D eigenvalue weighted by Gasteiger charge is 2.14. The molecule has 20 heavy (non-hydrogen) atoms. The Morgan fingerprint density at radius 3 is 3.10 bits per heavy atom. The summed E-state index contributed by atoms with van der Waals surface area (Å²) in [4.78, 5) is 6.81. The first-order chi connectivity index (χ1) is 9.81. The van der Waals surface area contributed by atoms with Gasteiger partial charge in [-0.05, 0) is 51.5 Å². The summed E-state index contributed by atoms with van der Waals surface area (Å²) >= 11 is 1.69. The fourth-order valence-corrected chi connectivity index (χ4v) is 3.36. The Balaban J connectivity index is 1.70. The van der Waals surface area contributed by atoms with Gasteiger partial charge in [0.05, 0.1) is 0 Å². The van der Waals surface area contributed by atoms with Crippen LogP contribution in [-0.4, -0.2) is 36.1 Å². The molecule has 1 aromatic heterocycles. The van der Waals surface area contributed by atoms with E-state index in [4.69, 9.17) is 0 Å². The molecular weight excluding hydrogens is 266 g/mol. The van der Waals surface area contributed by atoms with E-state index < -0.39 is 0 Å². The fourth-order valence-electron chi connectivity index (χ4n) is 2.73. The van der Waals surface area contributed by atoms with E-state index in [9.17, 15) is 0 Å². The Labute approximate surface area is 124 Å². The summed E-state index contributed by atoms with van der Waals surface area (Å²) in [6.07, 6.45) is 5.62. The first-order valence-electron chi connectivity index (χ1n) is 7.26. The van der Waals surface area contributed by atoms with E-state index in [1.54, 1.807) is 11.3 Å². The van der Waals surface area contributed by atoms with E-state index >= 15 is 0 Å². The lowest BCUT2D eigenvalue weighted by Gasteiger charge is -2.18. The van der Waals surface area contributed by atoms with Gasteiger partial charge in [-0.2, -0.15) is 0 Å². The molecule has 1 aliphatic rings. The molecule has 0 radical (unpaired) electrons. The molecule has 3 rings (SSSR count). The van der Waals surface area contributed by atoms with Gasteiger partial charge >= 0.3 is 0 Å². The van der Waals surface area contributed by atoms with E-state index in [0.717, 1.165) is 5.01 Å². The first kappa shape index (κ1) is 13.6. The number of nitrogens with one attached hydrogen (secondary N) is 1. The number of hydrogen-bond acceptors (Lipinski definition) is 4. The minimum absolute atomic E-state index is 0.589. The average molecular weight is 287 g/mol. The molecule has 1 fully saturated rings. The third kappa shape index (κ3) is 3.38. The number of likely N-dealkylation sites (tertiary alicyclic amines) is 1. The van der Waals surface area contributed by atoms with Crippen LogP contribution >= 0.6 is 11.3 Å². The van der Waals surface area contributed by atoms with Crippen LogP contribution in [0.4, 0.5) is 5.69 Å². The molecule has 1 atom stereocenters. The van der Waals surface area contributed by atoms with Crippen molar-refractivity contribution in [2.75, 3.05) is 25.5 Å². The number of rotatable bonds is 3. The van der Waals surface area contributed by atoms with Gasteiger partial charge in [-0.25, -0.2) is 4.98 Å². The highest BCUT2D eigenvalue weighted by Crippen LogP contribution is 2.25. The molecule has 1 unspecified atom stereocenters. The summed E-state index contributed by atoms with van der Waals surface area (Å²) in [6, 6.07) is 9.21. The van der Waals surface area contributed by atoms with Crippen molar-refractivity contribution in [1.29, 1.82) is 0 Å². The summed E-state index contributed by atoms with van der Waals surface area (Å²) in [5.74, 6) is 0. The lowest BCUT2D eigenvalue weighted by atomic mass is 10.1. The maximum absolute atomic E-state index is 4.38. The highest BCUT2D eigenvalue weighted by atomic mass is 32.1. The molecule has 4 heteroatoms. The van der Waals surface area contributed by atoms with Crippen LogP contribution < -0.4 is 5.32 Å². The van der Waals surface area contributed by atoms with Gasteiger partial charge in [0.25, 0.3) is 0 Å². The topological polar surface area (TPSA) is 28.2 Å². The monoisotopic (exact) mass is 287 g/mol. The summed E-state index contributed by atoms with van der Waals surface area (Å²) < 4.78 is 0. The van der Waals surface area contributed by atoms with Crippen LogP contribution in [0.15, 0.2) is 35.8 Å². The van der Waals surface area contributed by atoms with E-state index in [0.29, 0.717) is 6.04 Å². The van der Waals surface area contributed by atoms with Gasteiger partial charge in [-0.1, -0.05) is 12.1 Å². The van der Waals surface area contributed by atoms with E-state index in [1.807, 2.05) is 11.6 Å². The van der Waals surface area contributed by atoms with Gasteiger partial charge in [0.15, 0.2) is 0 Å². The molecule has 1 aliphatic heterocycles. The predicted octanol–water partition coefficient (Wildman–Crippen LogP) is 3.71. The van der Waals surface area contributed by atoms with Crippen molar-refractivity contribution in [2.45, 2.75) is 25.3 Å². The summed E-state index contributed by atoms with van der Waals surface area (Å²) in [5.41, 5.74) is 2.42. The lowest BCUT2D eigenvalue weighted by Crippen LogP contribution is -2.22. The molecule has 3 nitrogen and oxygen atoms in total. The van der Waals surface area contributed by atoms with Gasteiger partial charge in [0.1, 0.15) is 5.01 Å². The van der Waals surface area contributed by atoms with Gasteiger partial charge in [-0.3, -0.25) is 0 Å². The van der Waals surface area contributed by atoms with E-state index in [1.165, 1.54) is 43.6 Å². The van der Waals surface area contributed by atoms with Crippen LogP contribution in [0.5, 0.6) is 0 Å². The van der Waals surface area contributed by atoms with Crippen LogP contribution in [0.1, 0.15) is 19.3 Å². The third-order valence-corrected chi connectivity index (χ3v) is 4.69. The van der Waals surface area contributed by atoms with Crippen LogP contribution in [0.2, 0.25) is 0 Å². The molecule has 2 aromatic rings. The number of nitrogens with zero attached hydrogens (tertiary/aromatic N) is 2. The summed E-state index contributed by atoms with van der Waals surface area (Å²) in [5, 5.41) is 6.81. The van der Waals surface area contributed by atoms with Crippen molar-refractivity contribution in [3.63, 3.8) is 0 Å². The first-order valence-corrected chi connectivity index (χ1v) is 8.14. The minimum Gasteiger partial charge on any atom is -0.382 e. The zero-order valence-electron chi connectivity index (χ0n) is 11.9. The number of thiazole rings is 1. The van der Waals surface area contributed by atoms with Crippen LogP contribution in [0.3, 0.4) is 0 Å². The lowest BCUT2D eigenvalue weighted by molar-refractivity contribution is 0.348. The molecule has 0 saturated carbocycles. The Hall–Kier alpha value is -1.39. The molecular formula is C16H21N3S. The zero-order chi connectivity index (χ0) is 13.8. The van der Waals surface area contributed by atoms with Crippen molar-refractivity contribution >= 4 is 17.0 Å². The molecule has 0 aliphatic carbocycles. The van der Waals surface area contributed by atoms with Gasteiger partial charge in [0, 0.05) is 28.9 Å². The number of anilines is 1. The van der Waals surface area contributed by atoms with Crippen LogP contribution in [0.25, 0.3) is 10.6 Å². The minimum atomic E-state index is 0.589. The Bertz CT molecular complexity index is 538. The zero-order valence-corrected chi connectivity index (χ0v) is 12.7. The molecule has 1 N–H and O–H groups in total. The summed E-state index contributed by atoms with van der Waals surface area (Å²) in [7, 11) is 2.21. The highest BCUT2D eigenvalue weighted by molar-refractivity contribution is 7.13. The van der Waals surface area contributed by atoms with Gasteiger partial charge in [-0.15, -0.1) is 11.3 Å². The molecule has 1 aromatic carbocycles. The molecule has 0 amide bonds. The van der Waals surface area contributed by atoms with Crippen molar-refractivity contribution in [3.05, 3.63) is 35.8 Å². The second-order valence-electron chi connectivity index (χ2n) is 5.49. The standard InChI is InChI=1S/C16H21N3S/c1-19-9-3-6-14(7-10-19)18-15-5-2-4-13(12-15)16-17-8-11-20-16/h2,4-5,8,11-12,14,18H,3,6-7,9-10H2,1H3. The van der Waals surface area contributed by atoms with Crippen molar-refractivity contribution in [2.24, 2.45) is 0 Å². The largest absolute Gasteiger partial charge is 0.382 e. The third-order valence-electron chi connectivity index (χ3n) is 3.86. The number of aromatic nitrogens is 1. The fraction of sp³-hybridized carbons (Fsp3) is 0.438. The molecule has 0 spiro atoms. The Kier molecular flexibility index (Phi) is 4.33. The maximum Gasteiger partial charge on any atom is 0.123 e. The van der Waals surface area contributed by atoms with Crippen LogP contribution in [-0.2, 0) is 0 Å². The SMILES string of the molecule is CN1CCCC(Nc2cccc(-c3nccs3)c2)CC1. The van der Waals surface area contributed by atoms with Crippen molar-refractivity contribution < 1.29 is 0 Å². The smallest absolute Gasteiger partial charge is 0.123 e.